The monoisotopic (exact) mass is 265 g/mol. The van der Waals surface area contributed by atoms with Crippen molar-refractivity contribution in [2.45, 2.75) is 38.1 Å². The Hall–Kier alpha value is -0.960. The van der Waals surface area contributed by atoms with E-state index in [1.165, 1.54) is 31.7 Å². The van der Waals surface area contributed by atoms with Gasteiger partial charge in [-0.05, 0) is 56.6 Å². The first-order chi connectivity index (χ1) is 9.17. The van der Waals surface area contributed by atoms with Gasteiger partial charge >= 0.3 is 0 Å². The van der Waals surface area contributed by atoms with Crippen LogP contribution in [0.5, 0.6) is 0 Å². The minimum atomic E-state index is -0.504. The Balaban J connectivity index is 1.73. The normalized spacial score (nSPS) is 30.8. The number of hydrogen-bond acceptors (Lipinski definition) is 1. The van der Waals surface area contributed by atoms with Gasteiger partial charge in [0.15, 0.2) is 0 Å². The third kappa shape index (κ3) is 2.53. The highest BCUT2D eigenvalue weighted by Gasteiger charge is 2.40. The van der Waals surface area contributed by atoms with Crippen LogP contribution < -0.4 is 5.32 Å². The molecule has 3 heteroatoms. The zero-order valence-electron chi connectivity index (χ0n) is 11.3. The van der Waals surface area contributed by atoms with Crippen LogP contribution in [0.25, 0.3) is 0 Å². The fourth-order valence-electron chi connectivity index (χ4n) is 4.15. The summed E-state index contributed by atoms with van der Waals surface area (Å²) in [7, 11) is 1.86. The Morgan fingerprint density at radius 3 is 2.68 bits per heavy atom. The van der Waals surface area contributed by atoms with E-state index >= 15 is 0 Å². The smallest absolute Gasteiger partial charge is 0.130 e. The summed E-state index contributed by atoms with van der Waals surface area (Å²) in [6, 6.07) is 3.92. The van der Waals surface area contributed by atoms with Gasteiger partial charge in [0.05, 0.1) is 0 Å². The van der Waals surface area contributed by atoms with Crippen LogP contribution in [-0.2, 0) is 0 Å². The molecule has 2 bridgehead atoms. The summed E-state index contributed by atoms with van der Waals surface area (Å²) >= 11 is 0. The van der Waals surface area contributed by atoms with Crippen LogP contribution in [0, 0.1) is 29.4 Å². The molecule has 104 valence electrons. The minimum Gasteiger partial charge on any atom is -0.313 e. The zero-order valence-corrected chi connectivity index (χ0v) is 11.3. The SMILES string of the molecule is CNC(CC1CC2CCC1C2)c1ccc(F)cc1F. The van der Waals surface area contributed by atoms with Crippen molar-refractivity contribution in [3.63, 3.8) is 0 Å². The molecule has 4 atom stereocenters. The predicted octanol–water partition coefficient (Wildman–Crippen LogP) is 4.05. The van der Waals surface area contributed by atoms with Crippen LogP contribution in [0.15, 0.2) is 18.2 Å². The van der Waals surface area contributed by atoms with E-state index in [1.54, 1.807) is 6.07 Å². The average Bonchev–Trinajstić information content (AvgIpc) is 2.99. The molecule has 0 saturated heterocycles. The van der Waals surface area contributed by atoms with E-state index in [1.807, 2.05) is 7.05 Å². The fourth-order valence-corrected chi connectivity index (χ4v) is 4.15. The van der Waals surface area contributed by atoms with Crippen molar-refractivity contribution in [3.05, 3.63) is 35.4 Å². The van der Waals surface area contributed by atoms with Crippen molar-refractivity contribution in [2.75, 3.05) is 7.05 Å². The van der Waals surface area contributed by atoms with Crippen molar-refractivity contribution in [3.8, 4) is 0 Å². The second kappa shape index (κ2) is 5.20. The molecule has 2 saturated carbocycles. The molecule has 3 rings (SSSR count). The second-order valence-electron chi connectivity index (χ2n) is 6.18. The van der Waals surface area contributed by atoms with Crippen molar-refractivity contribution >= 4 is 0 Å². The zero-order chi connectivity index (χ0) is 13.4. The second-order valence-corrected chi connectivity index (χ2v) is 6.18. The maximum Gasteiger partial charge on any atom is 0.130 e. The molecule has 2 aliphatic carbocycles. The number of nitrogens with one attached hydrogen (secondary N) is 1. The Morgan fingerprint density at radius 1 is 1.26 bits per heavy atom. The number of fused-ring (bicyclic) bond motifs is 2. The van der Waals surface area contributed by atoms with Crippen molar-refractivity contribution in [1.82, 2.24) is 5.32 Å². The van der Waals surface area contributed by atoms with Gasteiger partial charge in [-0.1, -0.05) is 12.5 Å². The molecule has 0 amide bonds. The fraction of sp³-hybridized carbons (Fsp3) is 0.625. The highest BCUT2D eigenvalue weighted by molar-refractivity contribution is 5.22. The van der Waals surface area contributed by atoms with Crippen LogP contribution >= 0.6 is 0 Å². The number of benzene rings is 1. The molecule has 0 heterocycles. The molecule has 1 N–H and O–H groups in total. The van der Waals surface area contributed by atoms with Crippen LogP contribution in [0.2, 0.25) is 0 Å². The van der Waals surface area contributed by atoms with Crippen LogP contribution in [0.4, 0.5) is 8.78 Å². The van der Waals surface area contributed by atoms with E-state index in [0.29, 0.717) is 11.5 Å². The molecule has 0 aromatic heterocycles. The van der Waals surface area contributed by atoms with E-state index in [2.05, 4.69) is 5.32 Å². The van der Waals surface area contributed by atoms with Gasteiger partial charge in [-0.25, -0.2) is 8.78 Å². The van der Waals surface area contributed by atoms with Crippen molar-refractivity contribution in [1.29, 1.82) is 0 Å². The van der Waals surface area contributed by atoms with Crippen LogP contribution in [-0.4, -0.2) is 7.05 Å². The lowest BCUT2D eigenvalue weighted by Gasteiger charge is -2.27. The van der Waals surface area contributed by atoms with E-state index < -0.39 is 11.6 Å². The first-order valence-electron chi connectivity index (χ1n) is 7.29. The van der Waals surface area contributed by atoms with Gasteiger partial charge in [0, 0.05) is 17.7 Å². The Labute approximate surface area is 113 Å². The van der Waals surface area contributed by atoms with Crippen molar-refractivity contribution < 1.29 is 8.78 Å². The summed E-state index contributed by atoms with van der Waals surface area (Å²) in [5.74, 6) is 1.52. The topological polar surface area (TPSA) is 12.0 Å². The molecule has 0 aliphatic heterocycles. The summed E-state index contributed by atoms with van der Waals surface area (Å²) in [6.45, 7) is 0. The quantitative estimate of drug-likeness (QED) is 0.866. The number of rotatable bonds is 4. The third-order valence-corrected chi connectivity index (χ3v) is 5.11. The average molecular weight is 265 g/mol. The van der Waals surface area contributed by atoms with Crippen molar-refractivity contribution in [2.24, 2.45) is 17.8 Å². The Bertz CT molecular complexity index is 460. The third-order valence-electron chi connectivity index (χ3n) is 5.11. The number of hydrogen-bond donors (Lipinski definition) is 1. The molecular weight excluding hydrogens is 244 g/mol. The predicted molar refractivity (Wildman–Crippen MR) is 71.7 cm³/mol. The van der Waals surface area contributed by atoms with Gasteiger partial charge in [-0.15, -0.1) is 0 Å². The summed E-state index contributed by atoms with van der Waals surface area (Å²) in [5, 5.41) is 3.20. The summed E-state index contributed by atoms with van der Waals surface area (Å²) in [4.78, 5) is 0. The van der Waals surface area contributed by atoms with Gasteiger partial charge < -0.3 is 5.32 Å². The summed E-state index contributed by atoms with van der Waals surface area (Å²) < 4.78 is 26.9. The van der Waals surface area contributed by atoms with Gasteiger partial charge in [-0.2, -0.15) is 0 Å². The highest BCUT2D eigenvalue weighted by atomic mass is 19.1. The largest absolute Gasteiger partial charge is 0.313 e. The molecule has 19 heavy (non-hydrogen) atoms. The van der Waals surface area contributed by atoms with Gasteiger partial charge in [0.2, 0.25) is 0 Å². The summed E-state index contributed by atoms with van der Waals surface area (Å²) in [5.41, 5.74) is 0.603. The molecule has 1 aromatic carbocycles. The van der Waals surface area contributed by atoms with Crippen LogP contribution in [0.1, 0.15) is 43.7 Å². The molecule has 2 fully saturated rings. The van der Waals surface area contributed by atoms with E-state index in [0.717, 1.165) is 24.3 Å². The maximum atomic E-state index is 13.9. The summed E-state index contributed by atoms with van der Waals surface area (Å²) in [6.07, 6.45) is 6.37. The molecule has 1 aromatic rings. The lowest BCUT2D eigenvalue weighted by molar-refractivity contribution is 0.281. The first kappa shape index (κ1) is 13.0. The van der Waals surface area contributed by atoms with Crippen LogP contribution in [0.3, 0.4) is 0 Å². The van der Waals surface area contributed by atoms with Gasteiger partial charge in [0.1, 0.15) is 11.6 Å². The lowest BCUT2D eigenvalue weighted by Crippen LogP contribution is -2.23. The first-order valence-corrected chi connectivity index (χ1v) is 7.29. The number of halogens is 2. The Kier molecular flexibility index (Phi) is 3.57. The Morgan fingerprint density at radius 2 is 2.11 bits per heavy atom. The van der Waals surface area contributed by atoms with E-state index in [4.69, 9.17) is 0 Å². The van der Waals surface area contributed by atoms with Gasteiger partial charge in [0.25, 0.3) is 0 Å². The maximum absolute atomic E-state index is 13.9. The minimum absolute atomic E-state index is 0.00458. The molecule has 2 aliphatic rings. The van der Waals surface area contributed by atoms with Gasteiger partial charge in [-0.3, -0.25) is 0 Å². The molecule has 0 spiro atoms. The molecular formula is C16H21F2N. The lowest BCUT2D eigenvalue weighted by atomic mass is 9.82. The van der Waals surface area contributed by atoms with E-state index in [-0.39, 0.29) is 6.04 Å². The molecule has 1 nitrogen and oxygen atoms in total. The standard InChI is InChI=1S/C16H21F2N/c1-19-16(14-5-4-13(17)9-15(14)18)8-12-7-10-2-3-11(12)6-10/h4-5,9-12,16,19H,2-3,6-8H2,1H3. The molecule has 4 unspecified atom stereocenters. The molecule has 0 radical (unpaired) electrons. The highest BCUT2D eigenvalue weighted by Crippen LogP contribution is 2.51. The van der Waals surface area contributed by atoms with E-state index in [9.17, 15) is 8.78 Å².